The normalized spacial score (nSPS) is 16.7. The van der Waals surface area contributed by atoms with Gasteiger partial charge >= 0.3 is 24.3 Å². The van der Waals surface area contributed by atoms with E-state index in [9.17, 15) is 26.3 Å². The second-order valence-corrected chi connectivity index (χ2v) is 10.6. The number of hydrogen-bond acceptors (Lipinski definition) is 7. The fourth-order valence-electron chi connectivity index (χ4n) is 4.93. The Labute approximate surface area is 246 Å². The second kappa shape index (κ2) is 13.8. The number of halogens is 6. The minimum absolute atomic E-state index is 0.0497. The molecule has 2 N–H and O–H groups in total. The van der Waals surface area contributed by atoms with E-state index in [4.69, 9.17) is 29.5 Å². The van der Waals surface area contributed by atoms with Gasteiger partial charge in [-0.1, -0.05) is 0 Å². The van der Waals surface area contributed by atoms with Crippen molar-refractivity contribution in [3.8, 4) is 17.0 Å². The molecule has 0 atom stereocenters. The Kier molecular flexibility index (Phi) is 10.8. The van der Waals surface area contributed by atoms with Crippen molar-refractivity contribution in [2.24, 2.45) is 0 Å². The first-order valence-corrected chi connectivity index (χ1v) is 13.8. The molecule has 0 radical (unpaired) electrons. The van der Waals surface area contributed by atoms with E-state index in [1.54, 1.807) is 18.4 Å². The minimum Gasteiger partial charge on any atom is -0.497 e. The highest BCUT2D eigenvalue weighted by atomic mass is 32.1. The lowest BCUT2D eigenvalue weighted by Gasteiger charge is -2.49. The topological polar surface area (TPSA) is 108 Å². The molecule has 0 bridgehead atoms. The zero-order chi connectivity index (χ0) is 32.0. The van der Waals surface area contributed by atoms with Gasteiger partial charge in [-0.25, -0.2) is 14.6 Å². The number of carboxylic acid groups (broad SMARTS) is 2. The van der Waals surface area contributed by atoms with Gasteiger partial charge in [0.15, 0.2) is 0 Å². The predicted molar refractivity (Wildman–Crippen MR) is 145 cm³/mol. The maximum absolute atomic E-state index is 10.6. The molecule has 3 aromatic rings. The van der Waals surface area contributed by atoms with Crippen molar-refractivity contribution >= 4 is 23.3 Å². The summed E-state index contributed by atoms with van der Waals surface area (Å²) < 4.78 is 71.2. The maximum Gasteiger partial charge on any atom is 0.490 e. The van der Waals surface area contributed by atoms with Crippen LogP contribution in [0.5, 0.6) is 5.75 Å². The van der Waals surface area contributed by atoms with Crippen molar-refractivity contribution in [3.63, 3.8) is 0 Å². The van der Waals surface area contributed by atoms with Gasteiger partial charge in [0.05, 0.1) is 24.5 Å². The summed E-state index contributed by atoms with van der Waals surface area (Å²) in [6, 6.07) is 10.6. The van der Waals surface area contributed by atoms with E-state index in [2.05, 4.69) is 56.6 Å². The number of likely N-dealkylation sites (N-methyl/N-ethyl adjacent to an activating group) is 1. The summed E-state index contributed by atoms with van der Waals surface area (Å²) in [5.41, 5.74) is 3.91. The Balaban J connectivity index is 0.000000303. The summed E-state index contributed by atoms with van der Waals surface area (Å²) in [5.74, 6) is -3.38. The lowest BCUT2D eigenvalue weighted by Crippen LogP contribution is -2.56. The van der Waals surface area contributed by atoms with E-state index in [1.165, 1.54) is 22.6 Å². The Morgan fingerprint density at radius 2 is 1.51 bits per heavy atom. The standard InChI is InChI=1S/C23H28N4OS.2C2HF3O2/c1-25-12-13-27-21(19-3-5-20(28-2)6-4-19)15-24-22(27)23(25)8-10-26(11-9-23)16-18-7-14-29-17-18;2*3-2(4,5)1(6)7/h3-7,14-15,17H,8-13,16H2,1-2H3;2*(H,6,7). The number of imidazole rings is 1. The smallest absolute Gasteiger partial charge is 0.490 e. The number of alkyl halides is 6. The third-order valence-electron chi connectivity index (χ3n) is 7.20. The quantitative estimate of drug-likeness (QED) is 0.371. The highest BCUT2D eigenvalue weighted by molar-refractivity contribution is 7.07. The van der Waals surface area contributed by atoms with Crippen LogP contribution in [0.2, 0.25) is 0 Å². The van der Waals surface area contributed by atoms with Crippen LogP contribution in [0.3, 0.4) is 0 Å². The van der Waals surface area contributed by atoms with Crippen LogP contribution in [0.25, 0.3) is 11.3 Å². The number of carbonyl (C=O) groups is 2. The van der Waals surface area contributed by atoms with Gasteiger partial charge in [0.25, 0.3) is 0 Å². The molecule has 1 fully saturated rings. The number of likely N-dealkylation sites (tertiary alicyclic amines) is 1. The van der Waals surface area contributed by atoms with Crippen molar-refractivity contribution in [2.75, 3.05) is 33.8 Å². The summed E-state index contributed by atoms with van der Waals surface area (Å²) in [6.45, 7) is 5.36. The fraction of sp³-hybridized carbons (Fsp3) is 0.444. The lowest BCUT2D eigenvalue weighted by atomic mass is 9.83. The molecule has 1 saturated heterocycles. The molecule has 2 aliphatic heterocycles. The average molecular weight is 637 g/mol. The molecule has 236 valence electrons. The van der Waals surface area contributed by atoms with Crippen LogP contribution in [0.1, 0.15) is 24.2 Å². The van der Waals surface area contributed by atoms with Crippen LogP contribution in [-0.2, 0) is 28.2 Å². The number of thiophene rings is 1. The number of rotatable bonds is 4. The predicted octanol–water partition coefficient (Wildman–Crippen LogP) is 5.32. The third kappa shape index (κ3) is 8.48. The number of hydrogen-bond donors (Lipinski definition) is 2. The zero-order valence-electron chi connectivity index (χ0n) is 23.2. The molecular formula is C27H30F6N4O5S. The molecule has 4 heterocycles. The van der Waals surface area contributed by atoms with Gasteiger partial charge in [0, 0.05) is 38.3 Å². The van der Waals surface area contributed by atoms with Crippen LogP contribution in [0.15, 0.2) is 47.3 Å². The molecular weight excluding hydrogens is 606 g/mol. The van der Waals surface area contributed by atoms with Crippen molar-refractivity contribution < 1.29 is 50.9 Å². The monoisotopic (exact) mass is 636 g/mol. The van der Waals surface area contributed by atoms with Crippen LogP contribution < -0.4 is 4.74 Å². The van der Waals surface area contributed by atoms with Crippen molar-refractivity contribution in [2.45, 2.75) is 43.8 Å². The van der Waals surface area contributed by atoms with Gasteiger partial charge in [-0.05, 0) is 66.5 Å². The summed E-state index contributed by atoms with van der Waals surface area (Å²) in [6.07, 6.45) is -5.84. The van der Waals surface area contributed by atoms with Crippen LogP contribution in [0, 0.1) is 0 Å². The maximum atomic E-state index is 10.6. The highest BCUT2D eigenvalue weighted by Gasteiger charge is 2.45. The first-order valence-electron chi connectivity index (χ1n) is 12.8. The van der Waals surface area contributed by atoms with Gasteiger partial charge < -0.3 is 19.5 Å². The van der Waals surface area contributed by atoms with Gasteiger partial charge in [-0.3, -0.25) is 9.80 Å². The van der Waals surface area contributed by atoms with Gasteiger partial charge in [0.2, 0.25) is 0 Å². The van der Waals surface area contributed by atoms with Gasteiger partial charge in [-0.2, -0.15) is 37.7 Å². The lowest BCUT2D eigenvalue weighted by molar-refractivity contribution is -0.193. The van der Waals surface area contributed by atoms with Crippen molar-refractivity contribution in [3.05, 3.63) is 58.7 Å². The summed E-state index contributed by atoms with van der Waals surface area (Å²) in [4.78, 5) is 27.9. The van der Waals surface area contributed by atoms with E-state index < -0.39 is 24.3 Å². The minimum atomic E-state index is -5.08. The van der Waals surface area contributed by atoms with Crippen LogP contribution in [0.4, 0.5) is 26.3 Å². The molecule has 1 spiro atoms. The molecule has 43 heavy (non-hydrogen) atoms. The first kappa shape index (κ1) is 33.9. The number of nitrogens with zero attached hydrogens (tertiary/aromatic N) is 4. The van der Waals surface area contributed by atoms with E-state index in [-0.39, 0.29) is 5.54 Å². The third-order valence-corrected chi connectivity index (χ3v) is 7.93. The number of aromatic nitrogens is 2. The Hall–Kier alpha value is -3.63. The molecule has 1 aromatic carbocycles. The SMILES string of the molecule is COc1ccc(-c2cnc3n2CCN(C)C32CCN(Cc3ccsc3)CC2)cc1.O=C(O)C(F)(F)F.O=C(O)C(F)(F)F. The molecule has 0 unspecified atom stereocenters. The van der Waals surface area contributed by atoms with Gasteiger partial charge in [0.1, 0.15) is 11.6 Å². The van der Waals surface area contributed by atoms with E-state index >= 15 is 0 Å². The Morgan fingerprint density at radius 3 is 1.98 bits per heavy atom. The molecule has 16 heteroatoms. The van der Waals surface area contributed by atoms with E-state index in [0.29, 0.717) is 0 Å². The molecule has 0 saturated carbocycles. The zero-order valence-corrected chi connectivity index (χ0v) is 24.0. The van der Waals surface area contributed by atoms with Crippen LogP contribution in [-0.4, -0.2) is 87.6 Å². The highest BCUT2D eigenvalue weighted by Crippen LogP contribution is 2.42. The number of piperidine rings is 1. The molecule has 9 nitrogen and oxygen atoms in total. The molecule has 2 aliphatic rings. The molecule has 2 aromatic heterocycles. The fourth-order valence-corrected chi connectivity index (χ4v) is 5.59. The number of benzene rings is 1. The largest absolute Gasteiger partial charge is 0.497 e. The van der Waals surface area contributed by atoms with E-state index in [0.717, 1.165) is 51.3 Å². The summed E-state index contributed by atoms with van der Waals surface area (Å²) >= 11 is 1.79. The Morgan fingerprint density at radius 1 is 0.953 bits per heavy atom. The summed E-state index contributed by atoms with van der Waals surface area (Å²) in [5, 5.41) is 18.7. The molecule has 0 aliphatic carbocycles. The summed E-state index contributed by atoms with van der Waals surface area (Å²) in [7, 11) is 3.99. The van der Waals surface area contributed by atoms with Gasteiger partial charge in [-0.15, -0.1) is 0 Å². The van der Waals surface area contributed by atoms with Crippen molar-refractivity contribution in [1.82, 2.24) is 19.4 Å². The van der Waals surface area contributed by atoms with Crippen molar-refractivity contribution in [1.29, 1.82) is 0 Å². The molecule has 5 rings (SSSR count). The number of fused-ring (bicyclic) bond motifs is 2. The Bertz CT molecular complexity index is 1330. The average Bonchev–Trinajstić information content (AvgIpc) is 3.62. The first-order chi connectivity index (χ1) is 20.1. The molecule has 0 amide bonds. The number of aliphatic carboxylic acids is 2. The van der Waals surface area contributed by atoms with E-state index in [1.807, 2.05) is 12.1 Å². The number of methoxy groups -OCH3 is 1. The second-order valence-electron chi connectivity index (χ2n) is 9.81. The number of carboxylic acids is 2. The number of ether oxygens (including phenoxy) is 1. The van der Waals surface area contributed by atoms with Crippen LogP contribution >= 0.6 is 11.3 Å².